The van der Waals surface area contributed by atoms with Gasteiger partial charge in [0.05, 0.1) is 16.4 Å². The van der Waals surface area contributed by atoms with Gasteiger partial charge in [-0.15, -0.1) is 0 Å². The quantitative estimate of drug-likeness (QED) is 0.825. The van der Waals surface area contributed by atoms with E-state index in [0.29, 0.717) is 0 Å². The van der Waals surface area contributed by atoms with E-state index < -0.39 is 0 Å². The summed E-state index contributed by atoms with van der Waals surface area (Å²) in [6.45, 7) is 4.85. The molecule has 2 aromatic rings. The minimum absolute atomic E-state index is 0.741. The van der Waals surface area contributed by atoms with Crippen molar-refractivity contribution in [3.8, 4) is 0 Å². The fourth-order valence-electron chi connectivity index (χ4n) is 1.89. The van der Waals surface area contributed by atoms with E-state index >= 15 is 0 Å². The average molecular weight is 376 g/mol. The Hall–Kier alpha value is -0.750. The minimum Gasteiger partial charge on any atom is -0.380 e. The largest absolute Gasteiger partial charge is 0.380 e. The van der Waals surface area contributed by atoms with Gasteiger partial charge in [0.25, 0.3) is 0 Å². The molecule has 0 spiro atoms. The molecule has 96 valence electrons. The fraction of sp³-hybridized carbons (Fsp3) is 0.308. The van der Waals surface area contributed by atoms with Crippen LogP contribution in [0.2, 0.25) is 5.02 Å². The topological polar surface area (TPSA) is 29.9 Å². The summed E-state index contributed by atoms with van der Waals surface area (Å²) in [4.78, 5) is 0. The maximum atomic E-state index is 6.16. The number of anilines is 1. The molecule has 0 aliphatic carbocycles. The van der Waals surface area contributed by atoms with Crippen LogP contribution in [-0.4, -0.2) is 9.78 Å². The summed E-state index contributed by atoms with van der Waals surface area (Å²) < 4.78 is 3.07. The summed E-state index contributed by atoms with van der Waals surface area (Å²) in [5.41, 5.74) is 4.43. The van der Waals surface area contributed by atoms with Gasteiger partial charge in [-0.05, 0) is 54.6 Å². The van der Waals surface area contributed by atoms with Crippen molar-refractivity contribution < 1.29 is 0 Å². The number of rotatable bonds is 3. The first-order valence-corrected chi connectivity index (χ1v) is 7.12. The van der Waals surface area contributed by atoms with Crippen LogP contribution in [0.5, 0.6) is 0 Å². The summed E-state index contributed by atoms with van der Waals surface area (Å²) in [6.07, 6.45) is 0. The Kier molecular flexibility index (Phi) is 4.17. The SMILES string of the molecule is Cc1nn(C)c(C)c1CNc1cc(I)ccc1Cl. The molecule has 0 fully saturated rings. The monoisotopic (exact) mass is 375 g/mol. The van der Waals surface area contributed by atoms with Gasteiger partial charge in [-0.1, -0.05) is 11.6 Å². The van der Waals surface area contributed by atoms with E-state index in [1.165, 1.54) is 14.8 Å². The Morgan fingerprint density at radius 2 is 2.11 bits per heavy atom. The van der Waals surface area contributed by atoms with Crippen LogP contribution in [0.25, 0.3) is 0 Å². The number of aromatic nitrogens is 2. The second-order valence-corrected chi connectivity index (χ2v) is 5.90. The van der Waals surface area contributed by atoms with E-state index in [1.54, 1.807) is 0 Å². The third kappa shape index (κ3) is 2.80. The van der Waals surface area contributed by atoms with Gasteiger partial charge in [-0.3, -0.25) is 4.68 Å². The predicted molar refractivity (Wildman–Crippen MR) is 84.2 cm³/mol. The van der Waals surface area contributed by atoms with Crippen molar-refractivity contribution in [1.82, 2.24) is 9.78 Å². The van der Waals surface area contributed by atoms with Gasteiger partial charge >= 0.3 is 0 Å². The summed E-state index contributed by atoms with van der Waals surface area (Å²) in [6, 6.07) is 5.95. The zero-order valence-electron chi connectivity index (χ0n) is 10.6. The van der Waals surface area contributed by atoms with E-state index in [-0.39, 0.29) is 0 Å². The van der Waals surface area contributed by atoms with Crippen LogP contribution >= 0.6 is 34.2 Å². The Morgan fingerprint density at radius 1 is 1.39 bits per heavy atom. The molecule has 2 rings (SSSR count). The minimum atomic E-state index is 0.741. The van der Waals surface area contributed by atoms with E-state index in [0.717, 1.165) is 22.9 Å². The molecule has 18 heavy (non-hydrogen) atoms. The lowest BCUT2D eigenvalue weighted by Gasteiger charge is -2.09. The number of halogens is 2. The highest BCUT2D eigenvalue weighted by molar-refractivity contribution is 14.1. The van der Waals surface area contributed by atoms with Crippen LogP contribution < -0.4 is 5.32 Å². The Balaban J connectivity index is 2.19. The Morgan fingerprint density at radius 3 is 2.72 bits per heavy atom. The van der Waals surface area contributed by atoms with Gasteiger partial charge in [-0.2, -0.15) is 5.10 Å². The molecule has 0 aliphatic heterocycles. The van der Waals surface area contributed by atoms with Gasteiger partial charge < -0.3 is 5.32 Å². The lowest BCUT2D eigenvalue weighted by atomic mass is 10.2. The maximum Gasteiger partial charge on any atom is 0.0646 e. The molecule has 0 unspecified atom stereocenters. The van der Waals surface area contributed by atoms with Crippen molar-refractivity contribution in [2.75, 3.05) is 5.32 Å². The maximum absolute atomic E-state index is 6.16. The van der Waals surface area contributed by atoms with Gasteiger partial charge in [0.2, 0.25) is 0 Å². The van der Waals surface area contributed by atoms with E-state index in [9.17, 15) is 0 Å². The zero-order valence-corrected chi connectivity index (χ0v) is 13.5. The summed E-state index contributed by atoms with van der Waals surface area (Å²) in [5, 5.41) is 8.53. The Labute approximate surface area is 126 Å². The molecule has 0 saturated heterocycles. The summed E-state index contributed by atoms with van der Waals surface area (Å²) in [5.74, 6) is 0. The summed E-state index contributed by atoms with van der Waals surface area (Å²) >= 11 is 8.44. The molecule has 0 atom stereocenters. The van der Waals surface area contributed by atoms with Crippen LogP contribution in [0.4, 0.5) is 5.69 Å². The average Bonchev–Trinajstić information content (AvgIpc) is 2.55. The first-order chi connectivity index (χ1) is 8.49. The lowest BCUT2D eigenvalue weighted by Crippen LogP contribution is -2.03. The van der Waals surface area contributed by atoms with Crippen molar-refractivity contribution in [2.24, 2.45) is 7.05 Å². The normalized spacial score (nSPS) is 10.7. The molecule has 1 aromatic heterocycles. The van der Waals surface area contributed by atoms with Crippen LogP contribution in [0.1, 0.15) is 17.0 Å². The molecule has 1 heterocycles. The molecule has 0 aliphatic rings. The van der Waals surface area contributed by atoms with Crippen molar-refractivity contribution in [3.63, 3.8) is 0 Å². The number of aryl methyl sites for hydroxylation is 2. The first-order valence-electron chi connectivity index (χ1n) is 5.67. The fourth-order valence-corrected chi connectivity index (χ4v) is 2.57. The number of hydrogen-bond donors (Lipinski definition) is 1. The molecule has 0 amide bonds. The van der Waals surface area contributed by atoms with Crippen molar-refractivity contribution in [1.29, 1.82) is 0 Å². The third-order valence-electron chi connectivity index (χ3n) is 3.04. The second kappa shape index (κ2) is 5.48. The van der Waals surface area contributed by atoms with E-state index in [4.69, 9.17) is 11.6 Å². The standard InChI is InChI=1S/C13H15ClIN3/c1-8-11(9(2)18(3)17-8)7-16-13-6-10(15)4-5-12(13)14/h4-6,16H,7H2,1-3H3. The van der Waals surface area contributed by atoms with Gasteiger partial charge in [0.15, 0.2) is 0 Å². The van der Waals surface area contributed by atoms with E-state index in [1.807, 2.05) is 36.9 Å². The molecular weight excluding hydrogens is 361 g/mol. The number of nitrogens with zero attached hydrogens (tertiary/aromatic N) is 2. The van der Waals surface area contributed by atoms with Crippen LogP contribution in [0, 0.1) is 17.4 Å². The molecule has 3 nitrogen and oxygen atoms in total. The van der Waals surface area contributed by atoms with Crippen LogP contribution in [0.15, 0.2) is 18.2 Å². The predicted octanol–water partition coefficient (Wildman–Crippen LogP) is 3.91. The van der Waals surface area contributed by atoms with Gasteiger partial charge in [0, 0.05) is 28.4 Å². The highest BCUT2D eigenvalue weighted by Gasteiger charge is 2.09. The third-order valence-corrected chi connectivity index (χ3v) is 4.04. The van der Waals surface area contributed by atoms with Crippen molar-refractivity contribution >= 4 is 39.9 Å². The second-order valence-electron chi connectivity index (χ2n) is 4.25. The van der Waals surface area contributed by atoms with Gasteiger partial charge in [0.1, 0.15) is 0 Å². The van der Waals surface area contributed by atoms with Crippen LogP contribution in [0.3, 0.4) is 0 Å². The summed E-state index contributed by atoms with van der Waals surface area (Å²) in [7, 11) is 1.96. The number of nitrogens with one attached hydrogen (secondary N) is 1. The molecule has 1 N–H and O–H groups in total. The van der Waals surface area contributed by atoms with E-state index in [2.05, 4.69) is 39.9 Å². The first kappa shape index (κ1) is 13.7. The molecule has 0 bridgehead atoms. The van der Waals surface area contributed by atoms with Crippen molar-refractivity contribution in [2.45, 2.75) is 20.4 Å². The number of benzene rings is 1. The highest BCUT2D eigenvalue weighted by Crippen LogP contribution is 2.25. The van der Waals surface area contributed by atoms with Crippen molar-refractivity contribution in [3.05, 3.63) is 43.7 Å². The Bertz CT molecular complexity index is 578. The highest BCUT2D eigenvalue weighted by atomic mass is 127. The number of hydrogen-bond acceptors (Lipinski definition) is 2. The lowest BCUT2D eigenvalue weighted by molar-refractivity contribution is 0.730. The smallest absolute Gasteiger partial charge is 0.0646 e. The molecule has 0 radical (unpaired) electrons. The molecule has 0 saturated carbocycles. The zero-order chi connectivity index (χ0) is 13.3. The van der Waals surface area contributed by atoms with Crippen LogP contribution in [-0.2, 0) is 13.6 Å². The molecule has 5 heteroatoms. The molecular formula is C13H15ClIN3. The van der Waals surface area contributed by atoms with Gasteiger partial charge in [-0.25, -0.2) is 0 Å². The molecule has 1 aromatic carbocycles.